The molecule has 168 valence electrons. The Morgan fingerprint density at radius 2 is 1.55 bits per heavy atom. The Morgan fingerprint density at radius 1 is 0.931 bits per heavy atom. The Labute approximate surface area is 178 Å². The predicted octanol–water partition coefficient (Wildman–Crippen LogP) is 3.24. The zero-order valence-electron chi connectivity index (χ0n) is 18.7. The summed E-state index contributed by atoms with van der Waals surface area (Å²) in [6, 6.07) is 0. The van der Waals surface area contributed by atoms with Crippen LogP contribution in [0.25, 0.3) is 0 Å². The van der Waals surface area contributed by atoms with Gasteiger partial charge >= 0.3 is 11.9 Å². The monoisotopic (exact) mass is 432 g/mol. The average molecular weight is 433 g/mol. The maximum Gasteiger partial charge on any atom is 0.337 e. The summed E-state index contributed by atoms with van der Waals surface area (Å²) in [6.45, 7) is 13.7. The van der Waals surface area contributed by atoms with E-state index in [9.17, 15) is 9.59 Å². The number of methoxy groups -OCH3 is 1. The number of thioether (sulfide) groups is 1. The van der Waals surface area contributed by atoms with Crippen LogP contribution in [0.5, 0.6) is 0 Å². The minimum atomic E-state index is -0.859. The smallest absolute Gasteiger partial charge is 0.337 e. The number of carbonyl (C=O) groups is 2. The largest absolute Gasteiger partial charge is 0.467 e. The number of esters is 2. The van der Waals surface area contributed by atoms with Crippen molar-refractivity contribution in [3.05, 3.63) is 0 Å². The number of carbonyl (C=O) groups excluding carboxylic acids is 2. The van der Waals surface area contributed by atoms with E-state index in [4.69, 9.17) is 23.7 Å². The summed E-state index contributed by atoms with van der Waals surface area (Å²) in [5.41, 5.74) is -0.117. The van der Waals surface area contributed by atoms with E-state index in [0.29, 0.717) is 0 Å². The quantitative estimate of drug-likeness (QED) is 0.592. The molecule has 2 heterocycles. The Bertz CT molecular complexity index is 571. The van der Waals surface area contributed by atoms with Gasteiger partial charge in [-0.3, -0.25) is 4.79 Å². The van der Waals surface area contributed by atoms with E-state index in [0.717, 1.165) is 5.75 Å². The van der Waals surface area contributed by atoms with Gasteiger partial charge in [0.25, 0.3) is 0 Å². The Kier molecular flexibility index (Phi) is 8.82. The molecule has 4 unspecified atom stereocenters. The molecule has 8 heteroatoms. The van der Waals surface area contributed by atoms with Gasteiger partial charge in [-0.05, 0) is 30.4 Å². The third kappa shape index (κ3) is 5.46. The molecule has 0 aromatic carbocycles. The normalized spacial score (nSPS) is 42.9. The number of hydrogen-bond donors (Lipinski definition) is 0. The summed E-state index contributed by atoms with van der Waals surface area (Å²) in [5.74, 6) is 0.452. The van der Waals surface area contributed by atoms with Gasteiger partial charge in [0.1, 0.15) is 11.5 Å². The molecule has 2 saturated heterocycles. The van der Waals surface area contributed by atoms with Crippen molar-refractivity contribution in [1.29, 1.82) is 0 Å². The first-order valence-electron chi connectivity index (χ1n) is 10.4. The molecule has 0 amide bonds. The summed E-state index contributed by atoms with van der Waals surface area (Å²) >= 11 is 1.67. The maximum absolute atomic E-state index is 12.5. The van der Waals surface area contributed by atoms with Crippen LogP contribution in [0, 0.1) is 23.7 Å². The van der Waals surface area contributed by atoms with Gasteiger partial charge in [0.15, 0.2) is 18.5 Å². The van der Waals surface area contributed by atoms with Gasteiger partial charge in [-0.2, -0.15) is 0 Å². The fourth-order valence-electron chi connectivity index (χ4n) is 4.03. The molecule has 0 bridgehead atoms. The second-order valence-corrected chi connectivity index (χ2v) is 9.60. The standard InChI is InChI=1S/C21H36O7S/c1-9-29-21-13(5)12(4)16(18(28-21)19(23)24-8)27-20-17(26-15(7)22)11(3)10(2)14(6)25-20/h10-14,16-18,20-21H,9H2,1-8H3/t10-,11?,12-,13?,14+,16-,17?,18?,20+,21-/m1/s1. The van der Waals surface area contributed by atoms with Gasteiger partial charge in [-0.15, -0.1) is 11.8 Å². The van der Waals surface area contributed by atoms with E-state index in [1.165, 1.54) is 14.0 Å². The highest BCUT2D eigenvalue weighted by Crippen LogP contribution is 2.41. The summed E-state index contributed by atoms with van der Waals surface area (Å²) in [5, 5.41) is 0. The zero-order chi connectivity index (χ0) is 21.9. The fourth-order valence-corrected chi connectivity index (χ4v) is 5.11. The van der Waals surface area contributed by atoms with Crippen LogP contribution in [0.2, 0.25) is 0 Å². The second kappa shape index (κ2) is 10.5. The van der Waals surface area contributed by atoms with Gasteiger partial charge in [0.05, 0.1) is 13.2 Å². The van der Waals surface area contributed by atoms with E-state index in [1.54, 1.807) is 11.8 Å². The van der Waals surface area contributed by atoms with Crippen LogP contribution in [-0.4, -0.2) is 60.9 Å². The molecule has 2 aliphatic rings. The number of ether oxygens (including phenoxy) is 5. The summed E-state index contributed by atoms with van der Waals surface area (Å²) in [6.07, 6.45) is -2.82. The molecule has 2 fully saturated rings. The van der Waals surface area contributed by atoms with Crippen molar-refractivity contribution < 1.29 is 33.3 Å². The van der Waals surface area contributed by atoms with Crippen molar-refractivity contribution >= 4 is 23.7 Å². The van der Waals surface area contributed by atoms with E-state index >= 15 is 0 Å². The lowest BCUT2D eigenvalue weighted by atomic mass is 9.83. The molecule has 0 aromatic heterocycles. The lowest BCUT2D eigenvalue weighted by Gasteiger charge is -2.48. The topological polar surface area (TPSA) is 80.3 Å². The van der Waals surface area contributed by atoms with Crippen LogP contribution >= 0.6 is 11.8 Å². The molecule has 7 nitrogen and oxygen atoms in total. The number of hydrogen-bond acceptors (Lipinski definition) is 8. The molecule has 0 N–H and O–H groups in total. The van der Waals surface area contributed by atoms with E-state index in [1.807, 2.05) is 13.8 Å². The summed E-state index contributed by atoms with van der Waals surface area (Å²) in [7, 11) is 1.35. The van der Waals surface area contributed by atoms with Crippen molar-refractivity contribution in [2.75, 3.05) is 12.9 Å². The lowest BCUT2D eigenvalue weighted by Crippen LogP contribution is -2.58. The van der Waals surface area contributed by atoms with Crippen LogP contribution in [0.3, 0.4) is 0 Å². The highest BCUT2D eigenvalue weighted by atomic mass is 32.2. The van der Waals surface area contributed by atoms with Crippen LogP contribution < -0.4 is 0 Å². The molecular formula is C21H36O7S. The first kappa shape index (κ1) is 24.4. The lowest BCUT2D eigenvalue weighted by molar-refractivity contribution is -0.308. The predicted molar refractivity (Wildman–Crippen MR) is 110 cm³/mol. The summed E-state index contributed by atoms with van der Waals surface area (Å²) < 4.78 is 29.1. The fraction of sp³-hybridized carbons (Fsp3) is 0.905. The highest BCUT2D eigenvalue weighted by molar-refractivity contribution is 7.99. The van der Waals surface area contributed by atoms with Crippen LogP contribution in [-0.2, 0) is 33.3 Å². The Morgan fingerprint density at radius 3 is 2.10 bits per heavy atom. The molecule has 2 rings (SSSR count). The van der Waals surface area contributed by atoms with Gasteiger partial charge in [-0.25, -0.2) is 4.79 Å². The highest BCUT2D eigenvalue weighted by Gasteiger charge is 2.50. The molecular weight excluding hydrogens is 396 g/mol. The Hall–Kier alpha value is -0.830. The van der Waals surface area contributed by atoms with Gasteiger partial charge in [0.2, 0.25) is 0 Å². The average Bonchev–Trinajstić information content (AvgIpc) is 2.68. The maximum atomic E-state index is 12.5. The van der Waals surface area contributed by atoms with Crippen molar-refractivity contribution in [2.45, 2.75) is 84.6 Å². The van der Waals surface area contributed by atoms with E-state index in [2.05, 4.69) is 27.7 Å². The molecule has 29 heavy (non-hydrogen) atoms. The van der Waals surface area contributed by atoms with Crippen LogP contribution in [0.1, 0.15) is 48.5 Å². The first-order valence-corrected chi connectivity index (χ1v) is 11.5. The van der Waals surface area contributed by atoms with E-state index < -0.39 is 30.6 Å². The molecule has 0 spiro atoms. The number of rotatable bonds is 6. The minimum absolute atomic E-state index is 0.0171. The molecule has 2 aliphatic heterocycles. The Balaban J connectivity index is 2.28. The second-order valence-electron chi connectivity index (χ2n) is 8.22. The van der Waals surface area contributed by atoms with Gasteiger partial charge < -0.3 is 23.7 Å². The SMILES string of the molecule is CCS[C@H]1OC(C(=O)OC)[C@H](O[C@@H]2O[C@@H](C)[C@H](C)C(C)C2OC(C)=O)[C@H](C)C1C. The van der Waals surface area contributed by atoms with Crippen molar-refractivity contribution in [2.24, 2.45) is 23.7 Å². The van der Waals surface area contributed by atoms with Crippen molar-refractivity contribution in [3.8, 4) is 0 Å². The third-order valence-electron chi connectivity index (χ3n) is 6.42. The molecule has 0 saturated carbocycles. The molecule has 0 aromatic rings. The van der Waals surface area contributed by atoms with E-state index in [-0.39, 0.29) is 41.2 Å². The molecule has 0 aliphatic carbocycles. The van der Waals surface area contributed by atoms with Crippen LogP contribution in [0.4, 0.5) is 0 Å². The summed E-state index contributed by atoms with van der Waals surface area (Å²) in [4.78, 5) is 24.2. The van der Waals surface area contributed by atoms with Gasteiger partial charge in [-0.1, -0.05) is 34.6 Å². The molecule has 10 atom stereocenters. The first-order chi connectivity index (χ1) is 13.6. The minimum Gasteiger partial charge on any atom is -0.467 e. The van der Waals surface area contributed by atoms with Crippen LogP contribution in [0.15, 0.2) is 0 Å². The molecule has 0 radical (unpaired) electrons. The van der Waals surface area contributed by atoms with Gasteiger partial charge in [0, 0.05) is 12.8 Å². The van der Waals surface area contributed by atoms with Crippen molar-refractivity contribution in [3.63, 3.8) is 0 Å². The third-order valence-corrected chi connectivity index (χ3v) is 7.62. The van der Waals surface area contributed by atoms with Crippen molar-refractivity contribution in [1.82, 2.24) is 0 Å². The zero-order valence-corrected chi connectivity index (χ0v) is 19.6.